The van der Waals surface area contributed by atoms with Crippen LogP contribution in [-0.2, 0) is 4.79 Å². The van der Waals surface area contributed by atoms with Crippen LogP contribution in [0.25, 0.3) is 0 Å². The third kappa shape index (κ3) is 5.95. The molecule has 0 aromatic heterocycles. The Bertz CT molecular complexity index is 320. The molecule has 0 radical (unpaired) electrons. The van der Waals surface area contributed by atoms with E-state index in [1.807, 2.05) is 6.92 Å². The van der Waals surface area contributed by atoms with E-state index in [0.717, 1.165) is 44.4 Å². The molecule has 1 saturated heterocycles. The molecule has 0 aromatic carbocycles. The first kappa shape index (κ1) is 18.4. The van der Waals surface area contributed by atoms with E-state index in [2.05, 4.69) is 31.0 Å². The molecular formula is C17H34N2O2. The highest BCUT2D eigenvalue weighted by atomic mass is 16.4. The van der Waals surface area contributed by atoms with Crippen molar-refractivity contribution in [2.24, 2.45) is 11.8 Å². The van der Waals surface area contributed by atoms with E-state index in [4.69, 9.17) is 0 Å². The Labute approximate surface area is 130 Å². The lowest BCUT2D eigenvalue weighted by Crippen LogP contribution is -2.51. The average molecular weight is 298 g/mol. The van der Waals surface area contributed by atoms with Gasteiger partial charge in [-0.3, -0.25) is 4.79 Å². The minimum Gasteiger partial charge on any atom is -0.480 e. The summed E-state index contributed by atoms with van der Waals surface area (Å²) in [6.07, 6.45) is 5.45. The van der Waals surface area contributed by atoms with Crippen LogP contribution in [0.4, 0.5) is 0 Å². The number of nitrogens with zero attached hydrogens (tertiary/aromatic N) is 1. The third-order valence-electron chi connectivity index (χ3n) is 4.97. The molecule has 124 valence electrons. The molecule has 2 N–H and O–H groups in total. The van der Waals surface area contributed by atoms with Crippen molar-refractivity contribution in [3.8, 4) is 0 Å². The number of carbonyl (C=O) groups is 1. The summed E-state index contributed by atoms with van der Waals surface area (Å²) in [7, 11) is 0. The fourth-order valence-corrected chi connectivity index (χ4v) is 3.13. The number of aliphatic carboxylic acids is 1. The highest BCUT2D eigenvalue weighted by molar-refractivity contribution is 5.78. The van der Waals surface area contributed by atoms with Crippen LogP contribution < -0.4 is 5.32 Å². The molecule has 4 heteroatoms. The number of carboxylic acids is 1. The Morgan fingerprint density at radius 2 is 2.10 bits per heavy atom. The van der Waals surface area contributed by atoms with Crippen LogP contribution in [0.3, 0.4) is 0 Å². The maximum Gasteiger partial charge on any atom is 0.323 e. The number of rotatable bonds is 8. The summed E-state index contributed by atoms with van der Waals surface area (Å²) in [5, 5.41) is 12.7. The van der Waals surface area contributed by atoms with Gasteiger partial charge in [0.15, 0.2) is 0 Å². The van der Waals surface area contributed by atoms with Gasteiger partial charge in [-0.1, -0.05) is 20.8 Å². The first-order valence-corrected chi connectivity index (χ1v) is 8.60. The maximum absolute atomic E-state index is 11.5. The van der Waals surface area contributed by atoms with E-state index < -0.39 is 11.5 Å². The molecule has 1 fully saturated rings. The van der Waals surface area contributed by atoms with Crippen LogP contribution in [0.15, 0.2) is 0 Å². The summed E-state index contributed by atoms with van der Waals surface area (Å²) in [5.74, 6) is 0.866. The van der Waals surface area contributed by atoms with Crippen molar-refractivity contribution in [3.63, 3.8) is 0 Å². The second kappa shape index (κ2) is 8.74. The molecule has 1 aliphatic heterocycles. The zero-order valence-corrected chi connectivity index (χ0v) is 14.3. The van der Waals surface area contributed by atoms with Crippen LogP contribution in [0.5, 0.6) is 0 Å². The Morgan fingerprint density at radius 3 is 2.67 bits per heavy atom. The fraction of sp³-hybridized carbons (Fsp3) is 0.941. The summed E-state index contributed by atoms with van der Waals surface area (Å²) in [5.41, 5.74) is -0.792. The number of hydrogen-bond donors (Lipinski definition) is 2. The lowest BCUT2D eigenvalue weighted by Gasteiger charge is -2.29. The van der Waals surface area contributed by atoms with Crippen molar-refractivity contribution in [3.05, 3.63) is 0 Å². The largest absolute Gasteiger partial charge is 0.480 e. The summed E-state index contributed by atoms with van der Waals surface area (Å²) in [6, 6.07) is 0. The van der Waals surface area contributed by atoms with Crippen LogP contribution in [0.1, 0.15) is 59.8 Å². The van der Waals surface area contributed by atoms with Crippen LogP contribution in [-0.4, -0.2) is 47.7 Å². The van der Waals surface area contributed by atoms with Gasteiger partial charge in [-0.25, -0.2) is 0 Å². The fourth-order valence-electron chi connectivity index (χ4n) is 3.13. The van der Waals surface area contributed by atoms with Crippen molar-refractivity contribution < 1.29 is 9.90 Å². The van der Waals surface area contributed by atoms with Crippen molar-refractivity contribution in [2.75, 3.05) is 26.2 Å². The monoisotopic (exact) mass is 298 g/mol. The Balaban J connectivity index is 2.47. The molecule has 0 bridgehead atoms. The molecule has 2 unspecified atom stereocenters. The molecule has 0 aliphatic carbocycles. The summed E-state index contributed by atoms with van der Waals surface area (Å²) in [4.78, 5) is 14.0. The van der Waals surface area contributed by atoms with E-state index in [0.29, 0.717) is 6.42 Å². The number of carboxylic acid groups (broad SMARTS) is 1. The molecule has 0 aromatic rings. The smallest absolute Gasteiger partial charge is 0.323 e. The van der Waals surface area contributed by atoms with Crippen LogP contribution in [0, 0.1) is 11.8 Å². The molecule has 1 rings (SSSR count). The van der Waals surface area contributed by atoms with Crippen LogP contribution >= 0.6 is 0 Å². The standard InChI is InChI=1S/C17H34N2O2/c1-5-10-18-17(4,16(20)21)9-13-19-11-6-7-15(8-12-19)14(2)3/h14-15,18H,5-13H2,1-4H3,(H,20,21). The molecule has 21 heavy (non-hydrogen) atoms. The summed E-state index contributed by atoms with van der Waals surface area (Å²) < 4.78 is 0. The first-order chi connectivity index (χ1) is 9.89. The van der Waals surface area contributed by atoms with E-state index >= 15 is 0 Å². The van der Waals surface area contributed by atoms with Gasteiger partial charge in [0.2, 0.25) is 0 Å². The maximum atomic E-state index is 11.5. The lowest BCUT2D eigenvalue weighted by atomic mass is 9.89. The zero-order chi connectivity index (χ0) is 15.9. The number of likely N-dealkylation sites (tertiary alicyclic amines) is 1. The number of nitrogens with one attached hydrogen (secondary N) is 1. The van der Waals surface area contributed by atoms with Gasteiger partial charge >= 0.3 is 5.97 Å². The summed E-state index contributed by atoms with van der Waals surface area (Å²) >= 11 is 0. The Hall–Kier alpha value is -0.610. The van der Waals surface area contributed by atoms with Crippen molar-refractivity contribution >= 4 is 5.97 Å². The van der Waals surface area contributed by atoms with E-state index in [1.165, 1.54) is 19.3 Å². The van der Waals surface area contributed by atoms with Gasteiger partial charge in [0.25, 0.3) is 0 Å². The van der Waals surface area contributed by atoms with Crippen molar-refractivity contribution in [2.45, 2.75) is 65.3 Å². The van der Waals surface area contributed by atoms with Gasteiger partial charge in [0.1, 0.15) is 5.54 Å². The number of hydrogen-bond acceptors (Lipinski definition) is 3. The third-order valence-corrected chi connectivity index (χ3v) is 4.97. The summed E-state index contributed by atoms with van der Waals surface area (Å²) in [6.45, 7) is 12.4. The molecule has 0 saturated carbocycles. The molecule has 0 amide bonds. The van der Waals surface area contributed by atoms with Gasteiger partial charge < -0.3 is 15.3 Å². The van der Waals surface area contributed by atoms with Crippen molar-refractivity contribution in [1.82, 2.24) is 10.2 Å². The molecule has 1 aliphatic rings. The normalized spacial score (nSPS) is 23.8. The zero-order valence-electron chi connectivity index (χ0n) is 14.3. The molecule has 1 heterocycles. The molecular weight excluding hydrogens is 264 g/mol. The van der Waals surface area contributed by atoms with Gasteiger partial charge in [0, 0.05) is 6.54 Å². The molecule has 4 nitrogen and oxygen atoms in total. The second-order valence-corrected chi connectivity index (χ2v) is 7.09. The average Bonchev–Trinajstić information content (AvgIpc) is 2.68. The van der Waals surface area contributed by atoms with Gasteiger partial charge in [-0.15, -0.1) is 0 Å². The van der Waals surface area contributed by atoms with E-state index in [9.17, 15) is 9.90 Å². The van der Waals surface area contributed by atoms with E-state index in [-0.39, 0.29) is 0 Å². The van der Waals surface area contributed by atoms with E-state index in [1.54, 1.807) is 0 Å². The SMILES string of the molecule is CCCNC(C)(CCN1CCCC(C(C)C)CC1)C(=O)O. The van der Waals surface area contributed by atoms with Gasteiger partial charge in [-0.05, 0) is 70.5 Å². The predicted molar refractivity (Wildman–Crippen MR) is 87.6 cm³/mol. The lowest BCUT2D eigenvalue weighted by molar-refractivity contribution is -0.144. The minimum atomic E-state index is -0.792. The quantitative estimate of drug-likeness (QED) is 0.723. The first-order valence-electron chi connectivity index (χ1n) is 8.60. The van der Waals surface area contributed by atoms with Gasteiger partial charge in [-0.2, -0.15) is 0 Å². The topological polar surface area (TPSA) is 52.6 Å². The Morgan fingerprint density at radius 1 is 1.38 bits per heavy atom. The van der Waals surface area contributed by atoms with Gasteiger partial charge in [0.05, 0.1) is 0 Å². The second-order valence-electron chi connectivity index (χ2n) is 7.09. The highest BCUT2D eigenvalue weighted by Crippen LogP contribution is 2.25. The predicted octanol–water partition coefficient (Wildman–Crippen LogP) is 2.98. The highest BCUT2D eigenvalue weighted by Gasteiger charge is 2.32. The molecule has 2 atom stereocenters. The van der Waals surface area contributed by atoms with Crippen LogP contribution in [0.2, 0.25) is 0 Å². The van der Waals surface area contributed by atoms with Crippen molar-refractivity contribution in [1.29, 1.82) is 0 Å². The Kier molecular flexibility index (Phi) is 7.67. The minimum absolute atomic E-state index is 0.675. The molecule has 0 spiro atoms.